The van der Waals surface area contributed by atoms with Gasteiger partial charge in [0.25, 0.3) is 5.91 Å². The summed E-state index contributed by atoms with van der Waals surface area (Å²) >= 11 is 0. The van der Waals surface area contributed by atoms with E-state index in [1.165, 1.54) is 6.08 Å². The number of carbonyl (C=O) groups excluding carboxylic acids is 3. The number of ether oxygens (including phenoxy) is 3. The predicted molar refractivity (Wildman–Crippen MR) is 97.7 cm³/mol. The van der Waals surface area contributed by atoms with Crippen LogP contribution in [0.5, 0.6) is 0 Å². The Balaban J connectivity index is 0.000000227. The Kier molecular flexibility index (Phi) is 8.24. The summed E-state index contributed by atoms with van der Waals surface area (Å²) in [7, 11) is 3.56. The summed E-state index contributed by atoms with van der Waals surface area (Å²) in [4.78, 5) is 33.9. The number of carbonyl (C=O) groups is 3. The summed E-state index contributed by atoms with van der Waals surface area (Å²) in [6, 6.07) is 0. The minimum Gasteiger partial charge on any atom is -0.461 e. The zero-order valence-corrected chi connectivity index (χ0v) is 16.1. The van der Waals surface area contributed by atoms with Gasteiger partial charge in [-0.1, -0.05) is 0 Å². The largest absolute Gasteiger partial charge is 0.461 e. The Morgan fingerprint density at radius 3 is 2.44 bits per heavy atom. The molecule has 8 heteroatoms. The average molecular weight is 382 g/mol. The van der Waals surface area contributed by atoms with Crippen molar-refractivity contribution in [3.8, 4) is 0 Å². The lowest BCUT2D eigenvalue weighted by atomic mass is 9.80. The molecule has 2 amide bonds. The maximum Gasteiger partial charge on any atom is 0.338 e. The van der Waals surface area contributed by atoms with Crippen molar-refractivity contribution in [2.75, 3.05) is 27.3 Å². The topological polar surface area (TPSA) is 94.2 Å². The van der Waals surface area contributed by atoms with Gasteiger partial charge in [-0.25, -0.2) is 4.79 Å². The van der Waals surface area contributed by atoms with E-state index in [9.17, 15) is 14.4 Å². The Morgan fingerprint density at radius 1 is 1.22 bits per heavy atom. The molecule has 3 fully saturated rings. The quantitative estimate of drug-likeness (QED) is 0.382. The molecule has 1 aliphatic heterocycles. The van der Waals surface area contributed by atoms with E-state index >= 15 is 0 Å². The fourth-order valence-corrected chi connectivity index (χ4v) is 2.77. The second kappa shape index (κ2) is 10.4. The van der Waals surface area contributed by atoms with E-state index in [1.807, 2.05) is 5.32 Å². The summed E-state index contributed by atoms with van der Waals surface area (Å²) in [5.74, 6) is -0.574. The van der Waals surface area contributed by atoms with Crippen molar-refractivity contribution in [1.82, 2.24) is 10.2 Å². The van der Waals surface area contributed by atoms with Crippen LogP contribution in [0.3, 0.4) is 0 Å². The number of nitrogens with one attached hydrogen (secondary N) is 1. The Morgan fingerprint density at radius 2 is 1.96 bits per heavy atom. The predicted octanol–water partition coefficient (Wildman–Crippen LogP) is 1.14. The van der Waals surface area contributed by atoms with Crippen molar-refractivity contribution in [3.05, 3.63) is 12.3 Å². The van der Waals surface area contributed by atoms with Crippen LogP contribution in [0.15, 0.2) is 12.3 Å². The number of hydrogen-bond donors (Lipinski definition) is 1. The summed E-state index contributed by atoms with van der Waals surface area (Å²) < 4.78 is 16.7. The SMILES string of the molecule is CN(C)/C=C\C(=O)NC=O.O=C(OCC1CCCO1)C1(OC2CC2)CCC1. The first-order valence-corrected chi connectivity index (χ1v) is 9.50. The third-order valence-corrected chi connectivity index (χ3v) is 4.60. The third kappa shape index (κ3) is 7.30. The van der Waals surface area contributed by atoms with E-state index in [0.29, 0.717) is 19.1 Å². The van der Waals surface area contributed by atoms with Gasteiger partial charge in [0.15, 0.2) is 5.60 Å². The first-order valence-electron chi connectivity index (χ1n) is 9.50. The van der Waals surface area contributed by atoms with Gasteiger partial charge in [0, 0.05) is 33.0 Å². The molecular formula is C19H30N2O6. The molecular weight excluding hydrogens is 352 g/mol. The fraction of sp³-hybridized carbons (Fsp3) is 0.737. The molecule has 1 saturated heterocycles. The molecule has 2 saturated carbocycles. The fourth-order valence-electron chi connectivity index (χ4n) is 2.77. The summed E-state index contributed by atoms with van der Waals surface area (Å²) in [5, 5.41) is 1.97. The number of rotatable bonds is 8. The molecule has 2 aliphatic carbocycles. The van der Waals surface area contributed by atoms with Gasteiger partial charge in [0.05, 0.1) is 12.2 Å². The minimum atomic E-state index is -0.597. The van der Waals surface area contributed by atoms with E-state index in [-0.39, 0.29) is 12.1 Å². The number of imide groups is 1. The Labute approximate surface area is 160 Å². The van der Waals surface area contributed by atoms with Crippen LogP contribution in [0.4, 0.5) is 0 Å². The molecule has 3 rings (SSSR count). The van der Waals surface area contributed by atoms with Crippen molar-refractivity contribution in [1.29, 1.82) is 0 Å². The lowest BCUT2D eigenvalue weighted by Gasteiger charge is -2.39. The smallest absolute Gasteiger partial charge is 0.338 e. The van der Waals surface area contributed by atoms with E-state index in [2.05, 4.69) is 0 Å². The van der Waals surface area contributed by atoms with Crippen molar-refractivity contribution in [2.24, 2.45) is 0 Å². The highest BCUT2D eigenvalue weighted by Gasteiger charge is 2.50. The zero-order chi connectivity index (χ0) is 19.7. The highest BCUT2D eigenvalue weighted by atomic mass is 16.6. The van der Waals surface area contributed by atoms with Crippen molar-refractivity contribution >= 4 is 18.3 Å². The maximum absolute atomic E-state index is 12.1. The number of amides is 2. The molecule has 0 bridgehead atoms. The van der Waals surface area contributed by atoms with Crippen LogP contribution < -0.4 is 5.32 Å². The number of nitrogens with zero attached hydrogens (tertiary/aromatic N) is 1. The standard InChI is InChI=1S/C13H20O4.C6H10N2O2/c14-12(16-9-11-3-1-8-15-11)13(6-2-7-13)17-10-4-5-10;1-8(2)4-3-6(10)7-5-9/h10-11H,1-9H2;3-5H,1-2H3,(H,7,9,10)/b;4-3-. The van der Waals surface area contributed by atoms with Crippen LogP contribution in [0.25, 0.3) is 0 Å². The molecule has 0 aromatic rings. The van der Waals surface area contributed by atoms with Gasteiger partial charge < -0.3 is 19.1 Å². The highest BCUT2D eigenvalue weighted by molar-refractivity contribution is 5.94. The molecule has 1 atom stereocenters. The normalized spacial score (nSPS) is 23.0. The van der Waals surface area contributed by atoms with E-state index in [0.717, 1.165) is 51.6 Å². The average Bonchev–Trinajstić information content (AvgIpc) is 3.26. The van der Waals surface area contributed by atoms with Gasteiger partial charge >= 0.3 is 5.97 Å². The van der Waals surface area contributed by atoms with Gasteiger partial charge in [-0.15, -0.1) is 0 Å². The molecule has 8 nitrogen and oxygen atoms in total. The van der Waals surface area contributed by atoms with Crippen LogP contribution in [0.2, 0.25) is 0 Å². The van der Waals surface area contributed by atoms with Gasteiger partial charge in [-0.3, -0.25) is 14.9 Å². The molecule has 0 aromatic heterocycles. The van der Waals surface area contributed by atoms with Crippen LogP contribution in [-0.2, 0) is 28.6 Å². The second-order valence-electron chi connectivity index (χ2n) is 7.30. The van der Waals surface area contributed by atoms with Crippen LogP contribution in [0.1, 0.15) is 44.9 Å². The maximum atomic E-state index is 12.1. The van der Waals surface area contributed by atoms with Crippen molar-refractivity contribution in [3.63, 3.8) is 0 Å². The summed E-state index contributed by atoms with van der Waals surface area (Å²) in [6.45, 7) is 1.19. The first kappa shape index (κ1) is 21.4. The second-order valence-corrected chi connectivity index (χ2v) is 7.30. The van der Waals surface area contributed by atoms with Gasteiger partial charge in [0.2, 0.25) is 6.41 Å². The third-order valence-electron chi connectivity index (χ3n) is 4.60. The van der Waals surface area contributed by atoms with E-state index in [1.54, 1.807) is 25.2 Å². The van der Waals surface area contributed by atoms with E-state index < -0.39 is 11.5 Å². The van der Waals surface area contributed by atoms with Crippen LogP contribution >= 0.6 is 0 Å². The van der Waals surface area contributed by atoms with Crippen LogP contribution in [-0.4, -0.2) is 68.3 Å². The molecule has 1 unspecified atom stereocenters. The van der Waals surface area contributed by atoms with Crippen LogP contribution in [0, 0.1) is 0 Å². The first-order chi connectivity index (χ1) is 12.9. The molecule has 152 valence electrons. The lowest BCUT2D eigenvalue weighted by Crippen LogP contribution is -2.50. The number of esters is 1. The molecule has 0 aromatic carbocycles. The summed E-state index contributed by atoms with van der Waals surface area (Å²) in [6.07, 6.45) is 10.6. The number of hydrogen-bond acceptors (Lipinski definition) is 7. The molecule has 27 heavy (non-hydrogen) atoms. The lowest BCUT2D eigenvalue weighted by molar-refractivity contribution is -0.190. The summed E-state index contributed by atoms with van der Waals surface area (Å²) in [5.41, 5.74) is -0.597. The van der Waals surface area contributed by atoms with E-state index in [4.69, 9.17) is 14.2 Å². The van der Waals surface area contributed by atoms with Gasteiger partial charge in [0.1, 0.15) is 6.61 Å². The highest BCUT2D eigenvalue weighted by Crippen LogP contribution is 2.42. The molecule has 0 radical (unpaired) electrons. The molecule has 1 heterocycles. The minimum absolute atomic E-state index is 0.108. The monoisotopic (exact) mass is 382 g/mol. The Bertz CT molecular complexity index is 534. The Hall–Kier alpha value is -1.93. The molecule has 1 N–H and O–H groups in total. The van der Waals surface area contributed by atoms with Crippen molar-refractivity contribution < 1.29 is 28.6 Å². The molecule has 0 spiro atoms. The molecule has 3 aliphatic rings. The van der Waals surface area contributed by atoms with Gasteiger partial charge in [-0.2, -0.15) is 0 Å². The zero-order valence-electron chi connectivity index (χ0n) is 16.1. The van der Waals surface area contributed by atoms with Crippen molar-refractivity contribution in [2.45, 2.75) is 62.8 Å². The van der Waals surface area contributed by atoms with Gasteiger partial charge in [-0.05, 0) is 44.9 Å².